The van der Waals surface area contributed by atoms with E-state index in [-0.39, 0.29) is 0 Å². The lowest BCUT2D eigenvalue weighted by atomic mass is 9.75. The van der Waals surface area contributed by atoms with Gasteiger partial charge in [0.15, 0.2) is 0 Å². The van der Waals surface area contributed by atoms with Crippen LogP contribution in [0.3, 0.4) is 0 Å². The van der Waals surface area contributed by atoms with Gasteiger partial charge in [-0.1, -0.05) is 29.8 Å². The molecule has 0 atom stereocenters. The molecule has 3 heteroatoms. The molecule has 1 fully saturated rings. The maximum atomic E-state index is 4.29. The Hall–Kier alpha value is -1.61. The predicted octanol–water partition coefficient (Wildman–Crippen LogP) is 3.07. The fourth-order valence-electron chi connectivity index (χ4n) is 2.95. The highest BCUT2D eigenvalue weighted by atomic mass is 15.3. The standard InChI is InChI=1S/C17H23N3/c1-12-5-4-6-14(7-12)15-8-17(9-15)18-10-16-11-19-20(3)13(16)2/h4-7,11,15,17-18H,8-10H2,1-3H3. The first kappa shape index (κ1) is 13.4. The number of nitrogens with one attached hydrogen (secondary N) is 1. The molecule has 2 aromatic rings. The zero-order chi connectivity index (χ0) is 14.1. The van der Waals surface area contributed by atoms with E-state index in [2.05, 4.69) is 48.5 Å². The Morgan fingerprint density at radius 2 is 2.10 bits per heavy atom. The van der Waals surface area contributed by atoms with Gasteiger partial charge in [-0.05, 0) is 38.2 Å². The highest BCUT2D eigenvalue weighted by Crippen LogP contribution is 2.37. The van der Waals surface area contributed by atoms with Gasteiger partial charge in [0, 0.05) is 30.9 Å². The van der Waals surface area contributed by atoms with Gasteiger partial charge in [-0.2, -0.15) is 5.10 Å². The zero-order valence-electron chi connectivity index (χ0n) is 12.6. The third kappa shape index (κ3) is 2.63. The Kier molecular flexibility index (Phi) is 3.62. The number of aromatic nitrogens is 2. The number of benzene rings is 1. The molecule has 1 aromatic heterocycles. The molecule has 1 aliphatic carbocycles. The lowest BCUT2D eigenvalue weighted by molar-refractivity contribution is 0.289. The number of nitrogens with zero attached hydrogens (tertiary/aromatic N) is 2. The summed E-state index contributed by atoms with van der Waals surface area (Å²) in [5, 5.41) is 7.94. The van der Waals surface area contributed by atoms with Crippen LogP contribution in [0.2, 0.25) is 0 Å². The maximum absolute atomic E-state index is 4.29. The quantitative estimate of drug-likeness (QED) is 0.924. The minimum atomic E-state index is 0.653. The normalized spacial score (nSPS) is 21.8. The molecule has 106 valence electrons. The predicted molar refractivity (Wildman–Crippen MR) is 81.7 cm³/mol. The van der Waals surface area contributed by atoms with Crippen LogP contribution in [0.15, 0.2) is 30.5 Å². The molecule has 1 saturated carbocycles. The van der Waals surface area contributed by atoms with Crippen LogP contribution >= 0.6 is 0 Å². The zero-order valence-corrected chi connectivity index (χ0v) is 12.6. The molecule has 0 unspecified atom stereocenters. The van der Waals surface area contributed by atoms with Crippen molar-refractivity contribution in [1.82, 2.24) is 15.1 Å². The molecular formula is C17H23N3. The van der Waals surface area contributed by atoms with Gasteiger partial charge in [-0.25, -0.2) is 0 Å². The summed E-state index contributed by atoms with van der Waals surface area (Å²) in [7, 11) is 2.00. The van der Waals surface area contributed by atoms with Gasteiger partial charge in [-0.15, -0.1) is 0 Å². The third-order valence-electron chi connectivity index (χ3n) is 4.57. The van der Waals surface area contributed by atoms with E-state index in [1.165, 1.54) is 35.2 Å². The Morgan fingerprint density at radius 1 is 1.30 bits per heavy atom. The molecule has 1 aromatic carbocycles. The van der Waals surface area contributed by atoms with E-state index in [9.17, 15) is 0 Å². The summed E-state index contributed by atoms with van der Waals surface area (Å²) in [5.74, 6) is 0.738. The van der Waals surface area contributed by atoms with E-state index in [0.29, 0.717) is 6.04 Å². The molecule has 1 heterocycles. The van der Waals surface area contributed by atoms with Crippen molar-refractivity contribution in [3.05, 3.63) is 52.8 Å². The van der Waals surface area contributed by atoms with E-state index in [0.717, 1.165) is 12.5 Å². The molecule has 0 saturated heterocycles. The lowest BCUT2D eigenvalue weighted by Gasteiger charge is -2.36. The van der Waals surface area contributed by atoms with Gasteiger partial charge < -0.3 is 5.32 Å². The van der Waals surface area contributed by atoms with Crippen molar-refractivity contribution in [2.75, 3.05) is 0 Å². The van der Waals surface area contributed by atoms with Crippen molar-refractivity contribution in [1.29, 1.82) is 0 Å². The minimum Gasteiger partial charge on any atom is -0.310 e. The van der Waals surface area contributed by atoms with Crippen LogP contribution in [-0.2, 0) is 13.6 Å². The monoisotopic (exact) mass is 269 g/mol. The first-order valence-corrected chi connectivity index (χ1v) is 7.41. The Balaban J connectivity index is 1.50. The number of aryl methyl sites for hydroxylation is 2. The second-order valence-electron chi connectivity index (χ2n) is 6.04. The third-order valence-corrected chi connectivity index (χ3v) is 4.57. The summed E-state index contributed by atoms with van der Waals surface area (Å²) in [4.78, 5) is 0. The molecule has 0 spiro atoms. The fraction of sp³-hybridized carbons (Fsp3) is 0.471. The van der Waals surface area contributed by atoms with Crippen LogP contribution in [-0.4, -0.2) is 15.8 Å². The Bertz CT molecular complexity index is 594. The van der Waals surface area contributed by atoms with Crippen LogP contribution in [0, 0.1) is 13.8 Å². The van der Waals surface area contributed by atoms with Gasteiger partial charge in [-0.3, -0.25) is 4.68 Å². The fourth-order valence-corrected chi connectivity index (χ4v) is 2.95. The van der Waals surface area contributed by atoms with Crippen molar-refractivity contribution < 1.29 is 0 Å². The summed E-state index contributed by atoms with van der Waals surface area (Å²) in [6.45, 7) is 5.23. The first-order valence-electron chi connectivity index (χ1n) is 7.41. The minimum absolute atomic E-state index is 0.653. The molecule has 1 N–H and O–H groups in total. The van der Waals surface area contributed by atoms with Gasteiger partial charge in [0.1, 0.15) is 0 Å². The molecule has 3 nitrogen and oxygen atoms in total. The Labute approximate surface area is 121 Å². The van der Waals surface area contributed by atoms with Gasteiger partial charge in [0.25, 0.3) is 0 Å². The second kappa shape index (κ2) is 5.41. The molecular weight excluding hydrogens is 246 g/mol. The Morgan fingerprint density at radius 3 is 2.75 bits per heavy atom. The average Bonchev–Trinajstić information content (AvgIpc) is 2.69. The van der Waals surface area contributed by atoms with Crippen LogP contribution < -0.4 is 5.32 Å². The van der Waals surface area contributed by atoms with Gasteiger partial charge in [0.05, 0.1) is 6.20 Å². The highest BCUT2D eigenvalue weighted by Gasteiger charge is 2.29. The van der Waals surface area contributed by atoms with E-state index >= 15 is 0 Å². The van der Waals surface area contributed by atoms with Crippen molar-refractivity contribution in [2.24, 2.45) is 7.05 Å². The molecule has 0 aliphatic heterocycles. The van der Waals surface area contributed by atoms with Crippen LogP contribution in [0.4, 0.5) is 0 Å². The number of hydrogen-bond acceptors (Lipinski definition) is 2. The SMILES string of the molecule is Cc1cccc(C2CC(NCc3cnn(C)c3C)C2)c1. The molecule has 3 rings (SSSR count). The topological polar surface area (TPSA) is 29.9 Å². The second-order valence-corrected chi connectivity index (χ2v) is 6.04. The van der Waals surface area contributed by atoms with E-state index < -0.39 is 0 Å². The summed E-state index contributed by atoms with van der Waals surface area (Å²) < 4.78 is 1.94. The van der Waals surface area contributed by atoms with Crippen LogP contribution in [0.1, 0.15) is 41.1 Å². The molecule has 20 heavy (non-hydrogen) atoms. The molecule has 0 bridgehead atoms. The first-order chi connectivity index (χ1) is 9.63. The average molecular weight is 269 g/mol. The molecule has 1 aliphatic rings. The summed E-state index contributed by atoms with van der Waals surface area (Å²) in [5.41, 5.74) is 5.43. The van der Waals surface area contributed by atoms with Crippen LogP contribution in [0.25, 0.3) is 0 Å². The van der Waals surface area contributed by atoms with Crippen molar-refractivity contribution >= 4 is 0 Å². The molecule has 0 radical (unpaired) electrons. The largest absolute Gasteiger partial charge is 0.310 e. The van der Waals surface area contributed by atoms with E-state index in [1.54, 1.807) is 0 Å². The van der Waals surface area contributed by atoms with E-state index in [4.69, 9.17) is 0 Å². The maximum Gasteiger partial charge on any atom is 0.0537 e. The highest BCUT2D eigenvalue weighted by molar-refractivity contribution is 5.27. The van der Waals surface area contributed by atoms with Gasteiger partial charge in [0.2, 0.25) is 0 Å². The molecule has 0 amide bonds. The number of rotatable bonds is 4. The van der Waals surface area contributed by atoms with Crippen molar-refractivity contribution in [2.45, 2.75) is 45.2 Å². The van der Waals surface area contributed by atoms with Crippen molar-refractivity contribution in [3.63, 3.8) is 0 Å². The summed E-state index contributed by atoms with van der Waals surface area (Å²) in [6.07, 6.45) is 4.48. The summed E-state index contributed by atoms with van der Waals surface area (Å²) in [6, 6.07) is 9.58. The summed E-state index contributed by atoms with van der Waals surface area (Å²) >= 11 is 0. The smallest absolute Gasteiger partial charge is 0.0537 e. The van der Waals surface area contributed by atoms with Gasteiger partial charge >= 0.3 is 0 Å². The number of hydrogen-bond donors (Lipinski definition) is 1. The lowest BCUT2D eigenvalue weighted by Crippen LogP contribution is -2.39. The van der Waals surface area contributed by atoms with Crippen molar-refractivity contribution in [3.8, 4) is 0 Å². The van der Waals surface area contributed by atoms with Crippen LogP contribution in [0.5, 0.6) is 0 Å². The van der Waals surface area contributed by atoms with E-state index in [1.807, 2.05) is 17.9 Å².